The second-order valence-corrected chi connectivity index (χ2v) is 7.31. The first-order valence-corrected chi connectivity index (χ1v) is 9.99. The number of halogens is 2. The van der Waals surface area contributed by atoms with Gasteiger partial charge in [0.1, 0.15) is 18.7 Å². The molecule has 0 bridgehead atoms. The van der Waals surface area contributed by atoms with Gasteiger partial charge in [0.05, 0.1) is 13.7 Å². The number of esters is 1. The standard InChI is InChI=1S/C21H22Cl2N2O6/c1-30-20(28)17(9-14-7-8-15(22)10-16(14)23)24-19(27)18(11-26)25-21(29)31-12-13-5-3-2-4-6-13/h2-8,10,17-18,26H,9,11-12H2,1H3,(H,24,27)(H,25,29)/t17-,18-/m0/s1. The van der Waals surface area contributed by atoms with E-state index in [0.717, 1.165) is 5.56 Å². The van der Waals surface area contributed by atoms with Crippen LogP contribution in [-0.4, -0.2) is 48.9 Å². The summed E-state index contributed by atoms with van der Waals surface area (Å²) in [5, 5.41) is 15.0. The van der Waals surface area contributed by atoms with Crippen molar-refractivity contribution in [3.8, 4) is 0 Å². The van der Waals surface area contributed by atoms with Crippen LogP contribution < -0.4 is 10.6 Å². The van der Waals surface area contributed by atoms with Crippen LogP contribution in [0.5, 0.6) is 0 Å². The first-order chi connectivity index (χ1) is 14.8. The van der Waals surface area contributed by atoms with Crippen LogP contribution in [0, 0.1) is 0 Å². The highest BCUT2D eigenvalue weighted by Gasteiger charge is 2.28. The molecule has 0 aliphatic carbocycles. The van der Waals surface area contributed by atoms with Crippen molar-refractivity contribution in [1.29, 1.82) is 0 Å². The van der Waals surface area contributed by atoms with E-state index in [2.05, 4.69) is 10.6 Å². The zero-order valence-corrected chi connectivity index (χ0v) is 18.2. The van der Waals surface area contributed by atoms with Crippen LogP contribution in [-0.2, 0) is 32.1 Å². The molecule has 166 valence electrons. The van der Waals surface area contributed by atoms with Crippen LogP contribution in [0.2, 0.25) is 10.0 Å². The number of carbonyl (C=O) groups excluding carboxylic acids is 3. The van der Waals surface area contributed by atoms with Gasteiger partial charge in [-0.1, -0.05) is 59.6 Å². The van der Waals surface area contributed by atoms with E-state index in [4.69, 9.17) is 32.7 Å². The Morgan fingerprint density at radius 3 is 2.35 bits per heavy atom. The number of hydrogen-bond acceptors (Lipinski definition) is 6. The van der Waals surface area contributed by atoms with Crippen molar-refractivity contribution >= 4 is 41.2 Å². The van der Waals surface area contributed by atoms with Gasteiger partial charge < -0.3 is 25.2 Å². The van der Waals surface area contributed by atoms with Crippen molar-refractivity contribution in [1.82, 2.24) is 10.6 Å². The topological polar surface area (TPSA) is 114 Å². The summed E-state index contributed by atoms with van der Waals surface area (Å²) in [7, 11) is 1.17. The normalized spacial score (nSPS) is 12.4. The molecule has 0 heterocycles. The number of aliphatic hydroxyl groups excluding tert-OH is 1. The van der Waals surface area contributed by atoms with E-state index in [0.29, 0.717) is 15.6 Å². The molecular formula is C21H22Cl2N2O6. The van der Waals surface area contributed by atoms with Crippen LogP contribution >= 0.6 is 23.2 Å². The number of methoxy groups -OCH3 is 1. The molecule has 10 heteroatoms. The van der Waals surface area contributed by atoms with Crippen molar-refractivity contribution < 1.29 is 29.0 Å². The van der Waals surface area contributed by atoms with E-state index in [9.17, 15) is 19.5 Å². The maximum absolute atomic E-state index is 12.5. The maximum atomic E-state index is 12.5. The van der Waals surface area contributed by atoms with E-state index in [1.807, 2.05) is 6.07 Å². The van der Waals surface area contributed by atoms with Gasteiger partial charge in [-0.15, -0.1) is 0 Å². The number of rotatable bonds is 9. The molecule has 0 aliphatic rings. The second kappa shape index (κ2) is 12.1. The Hall–Kier alpha value is -2.81. The number of nitrogens with one attached hydrogen (secondary N) is 2. The SMILES string of the molecule is COC(=O)[C@H](Cc1ccc(Cl)cc1Cl)NC(=O)[C@H](CO)NC(=O)OCc1ccccc1. The van der Waals surface area contributed by atoms with E-state index in [1.54, 1.807) is 36.4 Å². The fourth-order valence-electron chi connectivity index (χ4n) is 2.62. The Morgan fingerprint density at radius 1 is 1.03 bits per heavy atom. The lowest BCUT2D eigenvalue weighted by molar-refractivity contribution is -0.145. The number of aliphatic hydroxyl groups is 1. The second-order valence-electron chi connectivity index (χ2n) is 6.47. The smallest absolute Gasteiger partial charge is 0.408 e. The van der Waals surface area contributed by atoms with Gasteiger partial charge in [0.25, 0.3) is 0 Å². The van der Waals surface area contributed by atoms with Crippen LogP contribution in [0.15, 0.2) is 48.5 Å². The number of carbonyl (C=O) groups is 3. The lowest BCUT2D eigenvalue weighted by atomic mass is 10.1. The monoisotopic (exact) mass is 468 g/mol. The Balaban J connectivity index is 1.99. The Morgan fingerprint density at radius 2 is 1.74 bits per heavy atom. The van der Waals surface area contributed by atoms with Crippen molar-refractivity contribution in [2.75, 3.05) is 13.7 Å². The molecule has 0 unspecified atom stereocenters. The van der Waals surface area contributed by atoms with E-state index in [-0.39, 0.29) is 13.0 Å². The molecule has 2 rings (SSSR count). The summed E-state index contributed by atoms with van der Waals surface area (Å²) < 4.78 is 9.78. The lowest BCUT2D eigenvalue weighted by Gasteiger charge is -2.21. The molecular weight excluding hydrogens is 447 g/mol. The van der Waals surface area contributed by atoms with Crippen LogP contribution in [0.1, 0.15) is 11.1 Å². The lowest BCUT2D eigenvalue weighted by Crippen LogP contribution is -2.54. The highest BCUT2D eigenvalue weighted by molar-refractivity contribution is 6.35. The van der Waals surface area contributed by atoms with Gasteiger partial charge in [-0.3, -0.25) is 4.79 Å². The van der Waals surface area contributed by atoms with Crippen molar-refractivity contribution in [3.05, 3.63) is 69.7 Å². The fraction of sp³-hybridized carbons (Fsp3) is 0.286. The third-order valence-corrected chi connectivity index (χ3v) is 4.83. The average molecular weight is 469 g/mol. The molecule has 3 N–H and O–H groups in total. The minimum Gasteiger partial charge on any atom is -0.467 e. The number of benzene rings is 2. The first-order valence-electron chi connectivity index (χ1n) is 9.24. The van der Waals surface area contributed by atoms with Gasteiger partial charge in [0.15, 0.2) is 0 Å². The van der Waals surface area contributed by atoms with Gasteiger partial charge >= 0.3 is 12.1 Å². The van der Waals surface area contributed by atoms with E-state index >= 15 is 0 Å². The fourth-order valence-corrected chi connectivity index (χ4v) is 3.10. The van der Waals surface area contributed by atoms with Crippen LogP contribution in [0.3, 0.4) is 0 Å². The highest BCUT2D eigenvalue weighted by atomic mass is 35.5. The molecule has 8 nitrogen and oxygen atoms in total. The van der Waals surface area contributed by atoms with Gasteiger partial charge in [0, 0.05) is 16.5 Å². The third-order valence-electron chi connectivity index (χ3n) is 4.25. The zero-order valence-electron chi connectivity index (χ0n) is 16.6. The molecule has 0 aliphatic heterocycles. The number of hydrogen-bond donors (Lipinski definition) is 3. The average Bonchev–Trinajstić information content (AvgIpc) is 2.77. The summed E-state index contributed by atoms with van der Waals surface area (Å²) in [6.07, 6.45) is -0.876. The molecule has 0 saturated carbocycles. The predicted octanol–water partition coefficient (Wildman–Crippen LogP) is 2.48. The third kappa shape index (κ3) is 7.75. The molecule has 0 saturated heterocycles. The van der Waals surface area contributed by atoms with Gasteiger partial charge in [-0.05, 0) is 23.3 Å². The van der Waals surface area contributed by atoms with Crippen molar-refractivity contribution in [2.45, 2.75) is 25.1 Å². The van der Waals surface area contributed by atoms with Gasteiger partial charge in [-0.25, -0.2) is 9.59 Å². The minimum atomic E-state index is -1.34. The molecule has 2 aromatic rings. The van der Waals surface area contributed by atoms with Crippen molar-refractivity contribution in [2.24, 2.45) is 0 Å². The van der Waals surface area contributed by atoms with Gasteiger partial charge in [-0.2, -0.15) is 0 Å². The summed E-state index contributed by atoms with van der Waals surface area (Å²) in [6.45, 7) is -0.714. The molecule has 0 radical (unpaired) electrons. The number of amides is 2. The molecule has 31 heavy (non-hydrogen) atoms. The molecule has 2 atom stereocenters. The molecule has 0 spiro atoms. The van der Waals surface area contributed by atoms with Crippen LogP contribution in [0.4, 0.5) is 4.79 Å². The molecule has 2 amide bonds. The minimum absolute atomic E-state index is 0.00765. The molecule has 0 aromatic heterocycles. The Kier molecular flexibility index (Phi) is 9.58. The molecule has 2 aromatic carbocycles. The summed E-state index contributed by atoms with van der Waals surface area (Å²) in [6, 6.07) is 11.2. The maximum Gasteiger partial charge on any atom is 0.408 e. The predicted molar refractivity (Wildman–Crippen MR) is 115 cm³/mol. The summed E-state index contributed by atoms with van der Waals surface area (Å²) >= 11 is 12.0. The first kappa shape index (κ1) is 24.5. The summed E-state index contributed by atoms with van der Waals surface area (Å²) in [4.78, 5) is 36.7. The quantitative estimate of drug-likeness (QED) is 0.487. The number of ether oxygens (including phenoxy) is 2. The van der Waals surface area contributed by atoms with E-state index in [1.165, 1.54) is 13.2 Å². The van der Waals surface area contributed by atoms with Gasteiger partial charge in [0.2, 0.25) is 5.91 Å². The zero-order chi connectivity index (χ0) is 22.8. The van der Waals surface area contributed by atoms with Crippen LogP contribution in [0.25, 0.3) is 0 Å². The summed E-state index contributed by atoms with van der Waals surface area (Å²) in [5.74, 6) is -1.51. The Labute approximate surface area is 189 Å². The largest absolute Gasteiger partial charge is 0.467 e. The summed E-state index contributed by atoms with van der Waals surface area (Å²) in [5.41, 5.74) is 1.31. The van der Waals surface area contributed by atoms with Crippen molar-refractivity contribution in [3.63, 3.8) is 0 Å². The number of alkyl carbamates (subject to hydrolysis) is 1. The van der Waals surface area contributed by atoms with E-state index < -0.39 is 36.7 Å². The molecule has 0 fully saturated rings. The highest BCUT2D eigenvalue weighted by Crippen LogP contribution is 2.22. The Bertz CT molecular complexity index is 910.